The van der Waals surface area contributed by atoms with Crippen molar-refractivity contribution in [2.75, 3.05) is 67.9 Å². The van der Waals surface area contributed by atoms with Crippen LogP contribution in [0.1, 0.15) is 12.5 Å². The maximum absolute atomic E-state index is 12.4. The molecule has 0 aliphatic carbocycles. The number of carbonyl (C=O) groups is 1. The average molecular weight is 561 g/mol. The molecule has 1 amide bonds. The third kappa shape index (κ3) is 6.05. The van der Waals surface area contributed by atoms with Gasteiger partial charge in [-0.1, -0.05) is 18.7 Å². The summed E-state index contributed by atoms with van der Waals surface area (Å²) < 4.78 is 5.79. The number of aromatic nitrogens is 2. The molecule has 1 fully saturated rings. The highest BCUT2D eigenvalue weighted by Crippen LogP contribution is 2.41. The molecule has 40 heavy (non-hydrogen) atoms. The Hall–Kier alpha value is -4.09. The van der Waals surface area contributed by atoms with Crippen molar-refractivity contribution in [3.63, 3.8) is 0 Å². The second-order valence-electron chi connectivity index (χ2n) is 9.60. The topological polar surface area (TPSA) is 118 Å². The number of hydrogen-bond acceptors (Lipinski definition) is 10. The van der Waals surface area contributed by atoms with E-state index in [2.05, 4.69) is 62.5 Å². The molecule has 0 bridgehead atoms. The molecule has 2 aromatic carbocycles. The lowest BCUT2D eigenvalue weighted by Crippen LogP contribution is -2.57. The van der Waals surface area contributed by atoms with Gasteiger partial charge in [-0.3, -0.25) is 9.69 Å². The number of anilines is 5. The van der Waals surface area contributed by atoms with Crippen LogP contribution in [-0.4, -0.2) is 79.0 Å². The molecule has 2 heterocycles. The Labute approximate surface area is 239 Å². The van der Waals surface area contributed by atoms with Gasteiger partial charge in [-0.2, -0.15) is 0 Å². The van der Waals surface area contributed by atoms with Gasteiger partial charge in [0.05, 0.1) is 34.7 Å². The van der Waals surface area contributed by atoms with Gasteiger partial charge in [-0.15, -0.1) is 11.8 Å². The lowest BCUT2D eigenvalue weighted by atomic mass is 10.1. The molecular weight excluding hydrogens is 524 g/mol. The molecule has 0 spiro atoms. The van der Waals surface area contributed by atoms with Crippen molar-refractivity contribution in [1.82, 2.24) is 14.9 Å². The lowest BCUT2D eigenvalue weighted by molar-refractivity contribution is -0.111. The minimum Gasteiger partial charge on any atom is -0.494 e. The van der Waals surface area contributed by atoms with Crippen LogP contribution < -0.4 is 25.6 Å². The summed E-state index contributed by atoms with van der Waals surface area (Å²) in [5.41, 5.74) is 5.39. The highest BCUT2D eigenvalue weighted by atomic mass is 32.2. The normalized spacial score (nSPS) is 17.2. The van der Waals surface area contributed by atoms with E-state index in [1.807, 2.05) is 43.4 Å². The number of nitrogens with zero attached hydrogens (tertiary/aromatic N) is 4. The minimum absolute atomic E-state index is 0.0798. The first-order valence-corrected chi connectivity index (χ1v) is 14.1. The number of amides is 1. The smallest absolute Gasteiger partial charge is 0.247 e. The summed E-state index contributed by atoms with van der Waals surface area (Å²) >= 11 is 1.81. The predicted molar refractivity (Wildman–Crippen MR) is 167 cm³/mol. The molecule has 1 aromatic heterocycles. The second-order valence-corrected chi connectivity index (χ2v) is 10.9. The zero-order chi connectivity index (χ0) is 28.9. The van der Waals surface area contributed by atoms with Gasteiger partial charge in [0.25, 0.3) is 0 Å². The van der Waals surface area contributed by atoms with Gasteiger partial charge in [0.15, 0.2) is 0 Å². The molecule has 210 valence electrons. The van der Waals surface area contributed by atoms with Crippen LogP contribution in [0, 0.1) is 5.41 Å². The monoisotopic (exact) mass is 560 g/mol. The largest absolute Gasteiger partial charge is 0.494 e. The van der Waals surface area contributed by atoms with Crippen molar-refractivity contribution in [2.24, 2.45) is 0 Å². The van der Waals surface area contributed by atoms with Crippen molar-refractivity contribution < 1.29 is 9.53 Å². The number of nitrogens with one attached hydrogen (secondary N) is 4. The molecular formula is C29H36N8O2S. The first-order valence-electron chi connectivity index (χ1n) is 12.8. The summed E-state index contributed by atoms with van der Waals surface area (Å²) in [4.78, 5) is 25.8. The van der Waals surface area contributed by atoms with E-state index in [4.69, 9.17) is 10.1 Å². The maximum atomic E-state index is 12.4. The van der Waals surface area contributed by atoms with Crippen LogP contribution in [0.2, 0.25) is 0 Å². The molecule has 1 aliphatic heterocycles. The van der Waals surface area contributed by atoms with E-state index in [0.717, 1.165) is 47.8 Å². The van der Waals surface area contributed by atoms with Crippen LogP contribution in [0.4, 0.5) is 28.6 Å². The standard InChI is InChI=1S/C29H36N8O2S/c1-7-28(38)35-23-13-24(26(39-5)15-25(23)37-11-10-36(4)29(2,17-37)40-6)34-27-14-22(32-18-33-27)19-8-9-20(16-30)21(12-19)31-3/h7-9,12-16,18,30-31H,1,10-11,17H2,2-6H3,(H,35,38)(H,32,33,34)/t29-/m0/s1. The number of ether oxygens (including phenoxy) is 1. The zero-order valence-electron chi connectivity index (χ0n) is 23.5. The number of rotatable bonds is 10. The Kier molecular flexibility index (Phi) is 8.96. The molecule has 4 N–H and O–H groups in total. The van der Waals surface area contributed by atoms with Crippen LogP contribution >= 0.6 is 11.8 Å². The van der Waals surface area contributed by atoms with Gasteiger partial charge in [0.1, 0.15) is 17.9 Å². The van der Waals surface area contributed by atoms with Crippen LogP contribution in [-0.2, 0) is 4.79 Å². The van der Waals surface area contributed by atoms with E-state index in [-0.39, 0.29) is 10.8 Å². The molecule has 4 rings (SSSR count). The van der Waals surface area contributed by atoms with Gasteiger partial charge in [0, 0.05) is 61.8 Å². The lowest BCUT2D eigenvalue weighted by Gasteiger charge is -2.47. The fourth-order valence-electron chi connectivity index (χ4n) is 4.65. The summed E-state index contributed by atoms with van der Waals surface area (Å²) in [6, 6.07) is 11.4. The molecule has 0 radical (unpaired) electrons. The maximum Gasteiger partial charge on any atom is 0.247 e. The Morgan fingerprint density at radius 2 is 1.98 bits per heavy atom. The SMILES string of the molecule is C=CC(=O)Nc1cc(Nc2cc(-c3ccc(C=N)c(NC)c3)ncn2)c(OC)cc1N1CCN(C)[C@@](C)(SC)C1. The molecule has 0 unspecified atom stereocenters. The number of piperazine rings is 1. The Bertz CT molecular complexity index is 1410. The molecule has 1 saturated heterocycles. The highest BCUT2D eigenvalue weighted by Gasteiger charge is 2.36. The molecule has 3 aromatic rings. The number of thioether (sulfide) groups is 1. The van der Waals surface area contributed by atoms with E-state index in [1.54, 1.807) is 18.9 Å². The Morgan fingerprint density at radius 3 is 2.65 bits per heavy atom. The van der Waals surface area contributed by atoms with Crippen molar-refractivity contribution >= 4 is 52.5 Å². The number of likely N-dealkylation sites (N-methyl/N-ethyl adjacent to an activating group) is 1. The number of carbonyl (C=O) groups excluding carboxylic acids is 1. The van der Waals surface area contributed by atoms with Gasteiger partial charge in [-0.05, 0) is 38.4 Å². The van der Waals surface area contributed by atoms with Crippen molar-refractivity contribution in [3.8, 4) is 17.0 Å². The summed E-state index contributed by atoms with van der Waals surface area (Å²) in [5.74, 6) is 0.884. The molecule has 1 atom stereocenters. The third-order valence-corrected chi connectivity index (χ3v) is 8.56. The number of benzene rings is 2. The van der Waals surface area contributed by atoms with E-state index in [9.17, 15) is 4.79 Å². The first-order chi connectivity index (χ1) is 19.2. The average Bonchev–Trinajstić information content (AvgIpc) is 2.98. The van der Waals surface area contributed by atoms with E-state index in [1.165, 1.54) is 18.6 Å². The van der Waals surface area contributed by atoms with Crippen molar-refractivity contribution in [3.05, 3.63) is 60.9 Å². The number of methoxy groups -OCH3 is 1. The van der Waals surface area contributed by atoms with Crippen LogP contribution in [0.3, 0.4) is 0 Å². The van der Waals surface area contributed by atoms with Gasteiger partial charge < -0.3 is 31.0 Å². The predicted octanol–water partition coefficient (Wildman–Crippen LogP) is 4.89. The van der Waals surface area contributed by atoms with E-state index >= 15 is 0 Å². The Balaban J connectivity index is 1.71. The molecule has 11 heteroatoms. The third-order valence-electron chi connectivity index (χ3n) is 7.24. The molecule has 1 aliphatic rings. The van der Waals surface area contributed by atoms with Crippen LogP contribution in [0.25, 0.3) is 11.3 Å². The summed E-state index contributed by atoms with van der Waals surface area (Å²) in [6.07, 6.45) is 6.18. The Morgan fingerprint density at radius 1 is 1.18 bits per heavy atom. The second kappa shape index (κ2) is 12.4. The fourth-order valence-corrected chi connectivity index (χ4v) is 5.34. The first kappa shape index (κ1) is 28.9. The zero-order valence-corrected chi connectivity index (χ0v) is 24.4. The molecule has 0 saturated carbocycles. The van der Waals surface area contributed by atoms with Gasteiger partial charge in [0.2, 0.25) is 5.91 Å². The minimum atomic E-state index is -0.294. The molecule has 10 nitrogen and oxygen atoms in total. The number of hydrogen-bond donors (Lipinski definition) is 4. The van der Waals surface area contributed by atoms with Gasteiger partial charge in [-0.25, -0.2) is 9.97 Å². The van der Waals surface area contributed by atoms with Gasteiger partial charge >= 0.3 is 0 Å². The van der Waals surface area contributed by atoms with E-state index < -0.39 is 0 Å². The van der Waals surface area contributed by atoms with Crippen LogP contribution in [0.5, 0.6) is 5.75 Å². The quantitative estimate of drug-likeness (QED) is 0.203. The van der Waals surface area contributed by atoms with Crippen molar-refractivity contribution in [1.29, 1.82) is 5.41 Å². The summed E-state index contributed by atoms with van der Waals surface area (Å²) in [6.45, 7) is 8.31. The highest BCUT2D eigenvalue weighted by molar-refractivity contribution is 7.99. The summed E-state index contributed by atoms with van der Waals surface area (Å²) in [7, 11) is 5.58. The van der Waals surface area contributed by atoms with E-state index in [0.29, 0.717) is 22.9 Å². The van der Waals surface area contributed by atoms with Crippen LogP contribution in [0.15, 0.2) is 55.4 Å². The fraction of sp³-hybridized carbons (Fsp3) is 0.310. The van der Waals surface area contributed by atoms with Crippen molar-refractivity contribution in [2.45, 2.75) is 11.8 Å². The summed E-state index contributed by atoms with van der Waals surface area (Å²) in [5, 5.41) is 17.0.